The highest BCUT2D eigenvalue weighted by molar-refractivity contribution is 7.85. The maximum atomic E-state index is 12.5. The molecule has 0 rings (SSSR count). The summed E-state index contributed by atoms with van der Waals surface area (Å²) < 4.78 is 62.0. The van der Waals surface area contributed by atoms with E-state index in [-0.39, 0.29) is 12.3 Å². The summed E-state index contributed by atoms with van der Waals surface area (Å²) >= 11 is 4.10. The number of thiol groups is 1. The number of quaternary nitrogens is 1. The third-order valence-electron chi connectivity index (χ3n) is 4.53. The minimum Gasteiger partial charge on any atom is -0.542 e. The van der Waals surface area contributed by atoms with E-state index < -0.39 is 81.5 Å². The zero-order chi connectivity index (χ0) is 29.0. The van der Waals surface area contributed by atoms with E-state index in [0.717, 1.165) is 0 Å². The molecule has 19 heteroatoms. The van der Waals surface area contributed by atoms with Gasteiger partial charge in [0, 0.05) is 6.42 Å². The van der Waals surface area contributed by atoms with Crippen LogP contribution in [0.25, 0.3) is 0 Å². The van der Waals surface area contributed by atoms with Crippen molar-refractivity contribution < 1.29 is 66.1 Å². The van der Waals surface area contributed by atoms with E-state index in [2.05, 4.69) is 29.0 Å². The molecule has 0 aliphatic rings. The Kier molecular flexibility index (Phi) is 15.3. The summed E-state index contributed by atoms with van der Waals surface area (Å²) in [6.07, 6.45) is -5.58. The van der Waals surface area contributed by atoms with Crippen LogP contribution < -0.4 is 27.2 Å². The number of amides is 3. The molecule has 0 radical (unpaired) electrons. The SMILES string of the molecule is CC[C@H](C)[C@H](NC(=O)[C@@H](S)[C@H]([NH3+])CCS(=O)(=O)O)C(=O)N[C@@H](CC(=O)O)C(N)=O.O=C([O-])C(F)(F)F. The first-order valence-corrected chi connectivity index (χ1v) is 12.1. The van der Waals surface area contributed by atoms with Crippen LogP contribution in [0, 0.1) is 5.92 Å². The molecule has 0 aromatic rings. The molecule has 0 aliphatic carbocycles. The van der Waals surface area contributed by atoms with Crippen LogP contribution in [-0.4, -0.2) is 83.0 Å². The van der Waals surface area contributed by atoms with E-state index in [0.29, 0.717) is 6.42 Å². The van der Waals surface area contributed by atoms with Gasteiger partial charge in [-0.25, -0.2) is 0 Å². The smallest absolute Gasteiger partial charge is 0.430 e. The lowest BCUT2D eigenvalue weighted by Crippen LogP contribution is -2.69. The second-order valence-corrected chi connectivity index (χ2v) is 9.63. The van der Waals surface area contributed by atoms with Crippen molar-refractivity contribution in [1.29, 1.82) is 0 Å². The van der Waals surface area contributed by atoms with Crippen molar-refractivity contribution in [3.63, 3.8) is 0 Å². The van der Waals surface area contributed by atoms with Crippen LogP contribution in [0.2, 0.25) is 0 Å². The molecule has 0 aliphatic heterocycles. The minimum atomic E-state index is -5.19. The molecule has 210 valence electrons. The molecule has 14 nitrogen and oxygen atoms in total. The molecule has 0 fully saturated rings. The highest BCUT2D eigenvalue weighted by Gasteiger charge is 2.34. The fraction of sp³-hybridized carbons (Fsp3) is 0.706. The lowest BCUT2D eigenvalue weighted by Gasteiger charge is -2.27. The first kappa shape index (κ1) is 35.5. The number of alkyl halides is 3. The van der Waals surface area contributed by atoms with Gasteiger partial charge in [0.25, 0.3) is 10.1 Å². The topological polar surface area (TPSA) is 261 Å². The second kappa shape index (κ2) is 15.5. The second-order valence-electron chi connectivity index (χ2n) is 7.50. The van der Waals surface area contributed by atoms with E-state index >= 15 is 0 Å². The summed E-state index contributed by atoms with van der Waals surface area (Å²) in [5.74, 6) is -7.88. The van der Waals surface area contributed by atoms with Gasteiger partial charge in [0.2, 0.25) is 17.7 Å². The number of nitrogens with one attached hydrogen (secondary N) is 2. The number of hydrogen-bond acceptors (Lipinski definition) is 9. The van der Waals surface area contributed by atoms with Crippen LogP contribution in [0.1, 0.15) is 33.1 Å². The standard InChI is InChI=1S/C15H28N4O8S2.C2HF3O2/c1-3-7(2)11(14(23)18-9(13(17)22)6-10(20)21)19-15(24)12(28)8(16)4-5-29(25,26)27;3-2(4,5)1(6)7/h7-9,11-12,28H,3-6,16H2,1-2H3,(H2,17,22)(H,18,23)(H,19,24)(H,20,21)(H,25,26,27);(H,6,7)/t7-,8+,9-,11-,12-;/m0./s1. The van der Waals surface area contributed by atoms with Gasteiger partial charge < -0.3 is 37.1 Å². The van der Waals surface area contributed by atoms with Crippen molar-refractivity contribution in [3.05, 3.63) is 0 Å². The first-order chi connectivity index (χ1) is 16.1. The Balaban J connectivity index is 0. The summed E-state index contributed by atoms with van der Waals surface area (Å²) in [4.78, 5) is 56.0. The van der Waals surface area contributed by atoms with E-state index in [1.54, 1.807) is 13.8 Å². The Morgan fingerprint density at radius 3 is 1.94 bits per heavy atom. The van der Waals surface area contributed by atoms with Crippen molar-refractivity contribution >= 4 is 52.4 Å². The molecule has 0 bridgehead atoms. The van der Waals surface area contributed by atoms with E-state index in [1.807, 2.05) is 0 Å². The number of rotatable bonds is 13. The van der Waals surface area contributed by atoms with Gasteiger partial charge in [-0.3, -0.25) is 23.7 Å². The number of primary amides is 1. The van der Waals surface area contributed by atoms with E-state index in [9.17, 15) is 40.8 Å². The Bertz CT molecular complexity index is 902. The molecule has 0 heterocycles. The van der Waals surface area contributed by atoms with E-state index in [4.69, 9.17) is 25.3 Å². The molecule has 36 heavy (non-hydrogen) atoms. The molecular weight excluding hydrogens is 541 g/mol. The molecule has 9 N–H and O–H groups in total. The van der Waals surface area contributed by atoms with Gasteiger partial charge >= 0.3 is 12.1 Å². The normalized spacial score (nSPS) is 15.7. The third-order valence-corrected chi connectivity index (χ3v) is 5.93. The number of carboxylic acid groups (broad SMARTS) is 2. The number of carbonyl (C=O) groups is 5. The Morgan fingerprint density at radius 2 is 1.61 bits per heavy atom. The van der Waals surface area contributed by atoms with E-state index in [1.165, 1.54) is 0 Å². The van der Waals surface area contributed by atoms with Crippen molar-refractivity contribution in [2.24, 2.45) is 11.7 Å². The van der Waals surface area contributed by atoms with Crippen LogP contribution in [-0.2, 0) is 34.1 Å². The molecule has 0 saturated carbocycles. The summed E-state index contributed by atoms with van der Waals surface area (Å²) in [5, 5.41) is 21.2. The van der Waals surface area contributed by atoms with Gasteiger partial charge in [-0.05, 0) is 5.92 Å². The maximum Gasteiger partial charge on any atom is 0.430 e. The van der Waals surface area contributed by atoms with Crippen molar-refractivity contribution in [2.75, 3.05) is 5.75 Å². The molecule has 5 atom stereocenters. The Labute approximate surface area is 209 Å². The first-order valence-electron chi connectivity index (χ1n) is 10.00. The molecule has 0 saturated heterocycles. The highest BCUT2D eigenvalue weighted by Crippen LogP contribution is 2.12. The van der Waals surface area contributed by atoms with Gasteiger partial charge in [-0.1, -0.05) is 20.3 Å². The van der Waals surface area contributed by atoms with Gasteiger partial charge in [-0.2, -0.15) is 34.2 Å². The molecule has 0 aromatic carbocycles. The van der Waals surface area contributed by atoms with Crippen molar-refractivity contribution in [2.45, 2.75) is 62.7 Å². The number of halogens is 3. The molecule has 0 unspecified atom stereocenters. The fourth-order valence-electron chi connectivity index (χ4n) is 2.27. The zero-order valence-corrected chi connectivity index (χ0v) is 20.9. The number of aliphatic carboxylic acids is 2. The van der Waals surface area contributed by atoms with Crippen LogP contribution in [0.4, 0.5) is 13.2 Å². The highest BCUT2D eigenvalue weighted by atomic mass is 32.2. The van der Waals surface area contributed by atoms with Gasteiger partial charge in [-0.15, -0.1) is 0 Å². The van der Waals surface area contributed by atoms with Crippen LogP contribution in [0.3, 0.4) is 0 Å². The van der Waals surface area contributed by atoms with Crippen LogP contribution in [0.5, 0.6) is 0 Å². The number of hydrogen-bond donors (Lipinski definition) is 7. The Hall–Kier alpha value is -2.64. The number of carbonyl (C=O) groups excluding carboxylic acids is 4. The van der Waals surface area contributed by atoms with Gasteiger partial charge in [0.05, 0.1) is 12.2 Å². The van der Waals surface area contributed by atoms with Gasteiger partial charge in [0.1, 0.15) is 29.3 Å². The fourth-order valence-corrected chi connectivity index (χ4v) is 3.10. The molecular formula is C17H29F3N4O10S2. The Morgan fingerprint density at radius 1 is 1.14 bits per heavy atom. The summed E-state index contributed by atoms with van der Waals surface area (Å²) in [6, 6.07) is -3.36. The maximum absolute atomic E-state index is 12.5. The van der Waals surface area contributed by atoms with Crippen molar-refractivity contribution in [3.8, 4) is 0 Å². The predicted molar refractivity (Wildman–Crippen MR) is 116 cm³/mol. The van der Waals surface area contributed by atoms with Crippen molar-refractivity contribution in [1.82, 2.24) is 10.6 Å². The monoisotopic (exact) mass is 570 g/mol. The summed E-state index contributed by atoms with van der Waals surface area (Å²) in [5.41, 5.74) is 8.75. The number of nitrogens with two attached hydrogens (primary N) is 1. The summed E-state index contributed by atoms with van der Waals surface area (Å²) in [6.45, 7) is 3.42. The van der Waals surface area contributed by atoms with Gasteiger partial charge in [0.15, 0.2) is 0 Å². The molecule has 0 aromatic heterocycles. The zero-order valence-electron chi connectivity index (χ0n) is 19.1. The molecule has 0 spiro atoms. The molecule has 3 amide bonds. The summed E-state index contributed by atoms with van der Waals surface area (Å²) in [7, 11) is -4.23. The predicted octanol–water partition coefficient (Wildman–Crippen LogP) is -3.55. The lowest BCUT2D eigenvalue weighted by molar-refractivity contribution is -0.416. The largest absolute Gasteiger partial charge is 0.542 e. The van der Waals surface area contributed by atoms with Crippen LogP contribution in [0.15, 0.2) is 0 Å². The lowest BCUT2D eigenvalue weighted by atomic mass is 9.97. The van der Waals surface area contributed by atoms with Crippen LogP contribution >= 0.6 is 12.6 Å². The quantitative estimate of drug-likeness (QED) is 0.0846. The average molecular weight is 571 g/mol. The minimum absolute atomic E-state index is 0.136. The number of carboxylic acids is 2. The average Bonchev–Trinajstić information content (AvgIpc) is 2.72. The third kappa shape index (κ3) is 15.4.